The number of aromatic nitrogens is 3. The minimum Gasteiger partial charge on any atom is -0.256 e. The van der Waals surface area contributed by atoms with Gasteiger partial charge >= 0.3 is 0 Å². The minimum atomic E-state index is 0.725. The summed E-state index contributed by atoms with van der Waals surface area (Å²) in [5.41, 5.74) is 2.70. The van der Waals surface area contributed by atoms with Crippen LogP contribution in [-0.4, -0.2) is 15.2 Å². The van der Waals surface area contributed by atoms with Crippen molar-refractivity contribution in [2.45, 2.75) is 0 Å². The average Bonchev–Trinajstić information content (AvgIpc) is 2.54. The van der Waals surface area contributed by atoms with Crippen LogP contribution in [0.3, 0.4) is 0 Å². The van der Waals surface area contributed by atoms with Crippen LogP contribution in [0.2, 0.25) is 5.02 Å². The van der Waals surface area contributed by atoms with Gasteiger partial charge in [0.2, 0.25) is 0 Å². The van der Waals surface area contributed by atoms with Gasteiger partial charge in [0, 0.05) is 32.9 Å². The number of nitrogens with zero attached hydrogens (tertiary/aromatic N) is 3. The first kappa shape index (κ1) is 12.2. The molecule has 0 amide bonds. The molecule has 3 nitrogen and oxygen atoms in total. The number of hydrogen-bond acceptors (Lipinski definition) is 3. The molecular weight excluding hydrogens is 282 g/mol. The van der Waals surface area contributed by atoms with E-state index in [2.05, 4.69) is 15.2 Å². The number of hydrogen-bond donors (Lipinski definition) is 0. The van der Waals surface area contributed by atoms with Crippen molar-refractivity contribution in [1.29, 1.82) is 0 Å². The molecule has 0 N–H and O–H groups in total. The Kier molecular flexibility index (Phi) is 2.79. The summed E-state index contributed by atoms with van der Waals surface area (Å²) in [6.07, 6.45) is 3.53. The van der Waals surface area contributed by atoms with Crippen LogP contribution in [0.15, 0.2) is 60.9 Å². The van der Waals surface area contributed by atoms with Crippen LogP contribution in [0, 0.1) is 0 Å². The predicted octanol–water partition coefficient (Wildman–Crippen LogP) is 4.50. The molecule has 0 aliphatic carbocycles. The maximum Gasteiger partial charge on any atom is 0.0936 e. The van der Waals surface area contributed by atoms with E-state index in [1.54, 1.807) is 12.4 Å². The van der Waals surface area contributed by atoms with Crippen molar-refractivity contribution in [3.63, 3.8) is 0 Å². The normalized spacial score (nSPS) is 11.1. The highest BCUT2D eigenvalue weighted by molar-refractivity contribution is 6.35. The van der Waals surface area contributed by atoms with Crippen LogP contribution in [-0.2, 0) is 0 Å². The molecular formula is C17H10ClN3. The van der Waals surface area contributed by atoms with Crippen molar-refractivity contribution in [3.05, 3.63) is 65.9 Å². The molecule has 0 aliphatic heterocycles. The van der Waals surface area contributed by atoms with Gasteiger partial charge in [0.25, 0.3) is 0 Å². The van der Waals surface area contributed by atoms with Gasteiger partial charge in [-0.15, -0.1) is 0 Å². The molecule has 100 valence electrons. The van der Waals surface area contributed by atoms with E-state index in [4.69, 9.17) is 11.6 Å². The van der Waals surface area contributed by atoms with Crippen LogP contribution in [0.5, 0.6) is 0 Å². The SMILES string of the molecule is Clc1cccc2c(-c3cnnc4ccccc34)nccc12. The first-order valence-electron chi connectivity index (χ1n) is 6.58. The van der Waals surface area contributed by atoms with Gasteiger partial charge in [-0.3, -0.25) is 4.98 Å². The molecule has 2 aromatic heterocycles. The van der Waals surface area contributed by atoms with Gasteiger partial charge in [0.05, 0.1) is 17.4 Å². The lowest BCUT2D eigenvalue weighted by molar-refractivity contribution is 1.08. The maximum atomic E-state index is 6.28. The van der Waals surface area contributed by atoms with Crippen molar-refractivity contribution >= 4 is 33.3 Å². The third-order valence-corrected chi connectivity index (χ3v) is 3.88. The molecule has 4 rings (SSSR count). The molecule has 0 radical (unpaired) electrons. The van der Waals surface area contributed by atoms with Crippen molar-refractivity contribution in [2.24, 2.45) is 0 Å². The molecule has 2 aromatic carbocycles. The van der Waals surface area contributed by atoms with Crippen LogP contribution >= 0.6 is 11.6 Å². The highest BCUT2D eigenvalue weighted by Gasteiger charge is 2.11. The Morgan fingerprint density at radius 3 is 2.62 bits per heavy atom. The summed E-state index contributed by atoms with van der Waals surface area (Å²) in [6, 6.07) is 15.7. The third-order valence-electron chi connectivity index (χ3n) is 3.55. The van der Waals surface area contributed by atoms with Gasteiger partial charge in [-0.05, 0) is 18.2 Å². The summed E-state index contributed by atoms with van der Waals surface area (Å²) in [4.78, 5) is 4.54. The molecule has 2 heterocycles. The van der Waals surface area contributed by atoms with Crippen molar-refractivity contribution < 1.29 is 0 Å². The van der Waals surface area contributed by atoms with Crippen LogP contribution < -0.4 is 0 Å². The van der Waals surface area contributed by atoms with Crippen LogP contribution in [0.1, 0.15) is 0 Å². The monoisotopic (exact) mass is 291 g/mol. The average molecular weight is 292 g/mol. The molecule has 0 unspecified atom stereocenters. The molecule has 0 saturated carbocycles. The highest BCUT2D eigenvalue weighted by atomic mass is 35.5. The van der Waals surface area contributed by atoms with E-state index in [0.717, 1.165) is 38.0 Å². The van der Waals surface area contributed by atoms with E-state index >= 15 is 0 Å². The van der Waals surface area contributed by atoms with Gasteiger partial charge in [-0.2, -0.15) is 10.2 Å². The highest BCUT2D eigenvalue weighted by Crippen LogP contribution is 2.33. The number of pyridine rings is 1. The fourth-order valence-electron chi connectivity index (χ4n) is 2.58. The largest absolute Gasteiger partial charge is 0.256 e. The number of halogens is 1. The predicted molar refractivity (Wildman–Crippen MR) is 85.3 cm³/mol. The summed E-state index contributed by atoms with van der Waals surface area (Å²) in [5, 5.41) is 12.0. The smallest absolute Gasteiger partial charge is 0.0936 e. The molecule has 0 fully saturated rings. The molecule has 4 aromatic rings. The number of rotatable bonds is 1. The second-order valence-electron chi connectivity index (χ2n) is 4.77. The van der Waals surface area contributed by atoms with Gasteiger partial charge in [-0.1, -0.05) is 41.9 Å². The van der Waals surface area contributed by atoms with Gasteiger partial charge < -0.3 is 0 Å². The zero-order valence-corrected chi connectivity index (χ0v) is 11.7. The molecule has 0 bridgehead atoms. The fraction of sp³-hybridized carbons (Fsp3) is 0. The molecule has 0 spiro atoms. The lowest BCUT2D eigenvalue weighted by atomic mass is 10.0. The van der Waals surface area contributed by atoms with E-state index in [-0.39, 0.29) is 0 Å². The topological polar surface area (TPSA) is 38.7 Å². The van der Waals surface area contributed by atoms with E-state index in [9.17, 15) is 0 Å². The lowest BCUT2D eigenvalue weighted by Crippen LogP contribution is -1.91. The summed E-state index contributed by atoms with van der Waals surface area (Å²) in [7, 11) is 0. The second-order valence-corrected chi connectivity index (χ2v) is 5.18. The van der Waals surface area contributed by atoms with Crippen LogP contribution in [0.25, 0.3) is 32.9 Å². The summed E-state index contributed by atoms with van der Waals surface area (Å²) in [6.45, 7) is 0. The molecule has 21 heavy (non-hydrogen) atoms. The van der Waals surface area contributed by atoms with Crippen molar-refractivity contribution in [1.82, 2.24) is 15.2 Å². The Morgan fingerprint density at radius 2 is 1.67 bits per heavy atom. The fourth-order valence-corrected chi connectivity index (χ4v) is 2.82. The van der Waals surface area contributed by atoms with Gasteiger partial charge in [-0.25, -0.2) is 0 Å². The molecule has 0 saturated heterocycles. The van der Waals surface area contributed by atoms with E-state index in [1.165, 1.54) is 0 Å². The van der Waals surface area contributed by atoms with Crippen LogP contribution in [0.4, 0.5) is 0 Å². The number of fused-ring (bicyclic) bond motifs is 2. The van der Waals surface area contributed by atoms with E-state index < -0.39 is 0 Å². The Bertz CT molecular complexity index is 961. The Morgan fingerprint density at radius 1 is 0.810 bits per heavy atom. The molecule has 0 atom stereocenters. The first-order chi connectivity index (χ1) is 10.3. The second kappa shape index (κ2) is 4.79. The Labute approximate surface area is 126 Å². The minimum absolute atomic E-state index is 0.725. The van der Waals surface area contributed by atoms with E-state index in [0.29, 0.717) is 0 Å². The maximum absolute atomic E-state index is 6.28. The summed E-state index contributed by atoms with van der Waals surface area (Å²) in [5.74, 6) is 0. The molecule has 4 heteroatoms. The summed E-state index contributed by atoms with van der Waals surface area (Å²) < 4.78 is 0. The zero-order chi connectivity index (χ0) is 14.2. The third kappa shape index (κ3) is 1.94. The zero-order valence-electron chi connectivity index (χ0n) is 11.0. The van der Waals surface area contributed by atoms with Crippen molar-refractivity contribution in [2.75, 3.05) is 0 Å². The Hall–Kier alpha value is -2.52. The first-order valence-corrected chi connectivity index (χ1v) is 6.96. The summed E-state index contributed by atoms with van der Waals surface area (Å²) >= 11 is 6.28. The Balaban J connectivity index is 2.12. The standard InChI is InChI=1S/C17H10ClN3/c18-15-6-3-5-13-11(15)8-9-19-17(13)14-10-20-21-16-7-2-1-4-12(14)16/h1-10H. The molecule has 0 aliphatic rings. The van der Waals surface area contributed by atoms with Crippen molar-refractivity contribution in [3.8, 4) is 11.3 Å². The van der Waals surface area contributed by atoms with Gasteiger partial charge in [0.1, 0.15) is 0 Å². The van der Waals surface area contributed by atoms with Gasteiger partial charge in [0.15, 0.2) is 0 Å². The lowest BCUT2D eigenvalue weighted by Gasteiger charge is -2.08. The quantitative estimate of drug-likeness (QED) is 0.518. The number of benzene rings is 2. The van der Waals surface area contributed by atoms with E-state index in [1.807, 2.05) is 48.5 Å².